The van der Waals surface area contributed by atoms with Gasteiger partial charge in [0.15, 0.2) is 6.61 Å². The molecule has 1 aliphatic rings. The minimum Gasteiger partial charge on any atom is -0.485 e. The number of likely N-dealkylation sites (tertiary alicyclic amines) is 1. The number of hydrogen-bond acceptors (Lipinski definition) is 5. The van der Waals surface area contributed by atoms with Crippen LogP contribution in [0.3, 0.4) is 0 Å². The van der Waals surface area contributed by atoms with Crippen LogP contribution in [0.1, 0.15) is 25.1 Å². The first-order valence-electron chi connectivity index (χ1n) is 7.57. The minimum atomic E-state index is 0.355. The van der Waals surface area contributed by atoms with Crippen molar-refractivity contribution in [3.8, 4) is 5.75 Å². The summed E-state index contributed by atoms with van der Waals surface area (Å²) in [5, 5.41) is 12.5. The molecule has 0 radical (unpaired) electrons. The maximum absolute atomic E-state index is 5.61. The molecule has 21 heavy (non-hydrogen) atoms. The molecule has 0 spiro atoms. The van der Waals surface area contributed by atoms with Crippen molar-refractivity contribution in [1.29, 1.82) is 0 Å². The number of hydrogen-bond donors (Lipinski definition) is 0. The van der Waals surface area contributed by atoms with Crippen LogP contribution in [0, 0.1) is 0 Å². The van der Waals surface area contributed by atoms with Crippen molar-refractivity contribution in [2.75, 3.05) is 19.6 Å². The molecule has 0 unspecified atom stereocenters. The third-order valence-electron chi connectivity index (χ3n) is 3.67. The SMILES string of the molecule is c1ccc(OCc2nnn(CCN3CCCCC3)n2)cc1. The van der Waals surface area contributed by atoms with Gasteiger partial charge in [-0.15, -0.1) is 10.2 Å². The van der Waals surface area contributed by atoms with E-state index in [9.17, 15) is 0 Å². The largest absolute Gasteiger partial charge is 0.485 e. The zero-order chi connectivity index (χ0) is 14.3. The van der Waals surface area contributed by atoms with Gasteiger partial charge in [0.2, 0.25) is 5.82 Å². The molecule has 1 fully saturated rings. The van der Waals surface area contributed by atoms with Gasteiger partial charge in [0.1, 0.15) is 5.75 Å². The molecule has 0 aliphatic carbocycles. The normalized spacial score (nSPS) is 16.0. The van der Waals surface area contributed by atoms with E-state index in [1.807, 2.05) is 30.3 Å². The van der Waals surface area contributed by atoms with Crippen molar-refractivity contribution in [3.05, 3.63) is 36.2 Å². The number of benzene rings is 1. The molecule has 3 rings (SSSR count). The van der Waals surface area contributed by atoms with Crippen LogP contribution in [0.15, 0.2) is 30.3 Å². The quantitative estimate of drug-likeness (QED) is 0.810. The molecule has 112 valence electrons. The van der Waals surface area contributed by atoms with Crippen LogP contribution in [-0.4, -0.2) is 44.7 Å². The van der Waals surface area contributed by atoms with Crippen molar-refractivity contribution >= 4 is 0 Å². The van der Waals surface area contributed by atoms with Crippen LogP contribution < -0.4 is 4.74 Å². The molecule has 0 bridgehead atoms. The Hall–Kier alpha value is -1.95. The van der Waals surface area contributed by atoms with E-state index in [-0.39, 0.29) is 0 Å². The highest BCUT2D eigenvalue weighted by Gasteiger charge is 2.10. The number of para-hydroxylation sites is 1. The lowest BCUT2D eigenvalue weighted by atomic mass is 10.1. The molecule has 1 aromatic carbocycles. The lowest BCUT2D eigenvalue weighted by molar-refractivity contribution is 0.213. The molecule has 2 heterocycles. The predicted molar refractivity (Wildman–Crippen MR) is 78.9 cm³/mol. The monoisotopic (exact) mass is 287 g/mol. The van der Waals surface area contributed by atoms with Gasteiger partial charge in [0.25, 0.3) is 0 Å². The van der Waals surface area contributed by atoms with Crippen molar-refractivity contribution in [1.82, 2.24) is 25.1 Å². The number of aromatic nitrogens is 4. The Balaban J connectivity index is 1.45. The highest BCUT2D eigenvalue weighted by atomic mass is 16.5. The van der Waals surface area contributed by atoms with Crippen LogP contribution in [0.5, 0.6) is 5.75 Å². The van der Waals surface area contributed by atoms with Gasteiger partial charge >= 0.3 is 0 Å². The Labute approximate surface area is 124 Å². The fraction of sp³-hybridized carbons (Fsp3) is 0.533. The summed E-state index contributed by atoms with van der Waals surface area (Å²) in [6.45, 7) is 4.53. The number of tetrazole rings is 1. The van der Waals surface area contributed by atoms with E-state index in [1.165, 1.54) is 32.4 Å². The van der Waals surface area contributed by atoms with E-state index in [4.69, 9.17) is 4.74 Å². The standard InChI is InChI=1S/C15H21N5O/c1-3-7-14(8-4-1)21-13-15-16-18-20(17-15)12-11-19-9-5-2-6-10-19/h1,3-4,7-8H,2,5-6,9-13H2. The van der Waals surface area contributed by atoms with Crippen LogP contribution in [0.25, 0.3) is 0 Å². The van der Waals surface area contributed by atoms with Gasteiger partial charge in [0.05, 0.1) is 6.54 Å². The average Bonchev–Trinajstić information content (AvgIpc) is 3.01. The summed E-state index contributed by atoms with van der Waals surface area (Å²) < 4.78 is 5.61. The molecule has 0 atom stereocenters. The minimum absolute atomic E-state index is 0.355. The molecule has 6 nitrogen and oxygen atoms in total. The molecule has 1 saturated heterocycles. The summed E-state index contributed by atoms with van der Waals surface area (Å²) in [7, 11) is 0. The smallest absolute Gasteiger partial charge is 0.212 e. The van der Waals surface area contributed by atoms with E-state index in [1.54, 1.807) is 4.80 Å². The lowest BCUT2D eigenvalue weighted by Crippen LogP contribution is -2.33. The summed E-state index contributed by atoms with van der Waals surface area (Å²) in [5.41, 5.74) is 0. The second-order valence-electron chi connectivity index (χ2n) is 5.31. The first kappa shape index (κ1) is 14.0. The molecular weight excluding hydrogens is 266 g/mol. The Morgan fingerprint density at radius 3 is 2.62 bits per heavy atom. The van der Waals surface area contributed by atoms with Crippen molar-refractivity contribution in [2.24, 2.45) is 0 Å². The van der Waals surface area contributed by atoms with E-state index in [0.717, 1.165) is 18.8 Å². The molecule has 1 aliphatic heterocycles. The van der Waals surface area contributed by atoms with E-state index in [2.05, 4.69) is 20.3 Å². The zero-order valence-electron chi connectivity index (χ0n) is 12.2. The summed E-state index contributed by atoms with van der Waals surface area (Å²) in [4.78, 5) is 4.13. The molecule has 6 heteroatoms. The zero-order valence-corrected chi connectivity index (χ0v) is 12.2. The molecular formula is C15H21N5O. The van der Waals surface area contributed by atoms with Gasteiger partial charge in [0, 0.05) is 6.54 Å². The van der Waals surface area contributed by atoms with Gasteiger partial charge in [-0.05, 0) is 43.3 Å². The van der Waals surface area contributed by atoms with E-state index >= 15 is 0 Å². The first-order chi connectivity index (χ1) is 10.4. The first-order valence-corrected chi connectivity index (χ1v) is 7.57. The summed E-state index contributed by atoms with van der Waals surface area (Å²) in [5.74, 6) is 1.44. The highest BCUT2D eigenvalue weighted by Crippen LogP contribution is 2.10. The Kier molecular flexibility index (Phi) is 4.78. The van der Waals surface area contributed by atoms with Gasteiger partial charge in [-0.2, -0.15) is 4.80 Å². The summed E-state index contributed by atoms with van der Waals surface area (Å²) in [6, 6.07) is 9.68. The van der Waals surface area contributed by atoms with Crippen LogP contribution in [0.2, 0.25) is 0 Å². The lowest BCUT2D eigenvalue weighted by Gasteiger charge is -2.25. The topological polar surface area (TPSA) is 56.1 Å². The third kappa shape index (κ3) is 4.26. The van der Waals surface area contributed by atoms with Gasteiger partial charge < -0.3 is 9.64 Å². The predicted octanol–water partition coefficient (Wildman–Crippen LogP) is 1.74. The van der Waals surface area contributed by atoms with Crippen molar-refractivity contribution < 1.29 is 4.74 Å². The van der Waals surface area contributed by atoms with Gasteiger partial charge in [-0.25, -0.2) is 0 Å². The maximum Gasteiger partial charge on any atom is 0.212 e. The van der Waals surface area contributed by atoms with Crippen molar-refractivity contribution in [2.45, 2.75) is 32.4 Å². The number of ether oxygens (including phenoxy) is 1. The molecule has 0 N–H and O–H groups in total. The molecule has 2 aromatic rings. The van der Waals surface area contributed by atoms with Crippen LogP contribution in [0.4, 0.5) is 0 Å². The molecule has 0 amide bonds. The second-order valence-corrected chi connectivity index (χ2v) is 5.31. The molecule has 1 aromatic heterocycles. The molecule has 0 saturated carbocycles. The van der Waals surface area contributed by atoms with Gasteiger partial charge in [-0.3, -0.25) is 0 Å². The summed E-state index contributed by atoms with van der Waals surface area (Å²) >= 11 is 0. The maximum atomic E-state index is 5.61. The average molecular weight is 287 g/mol. The van der Waals surface area contributed by atoms with Gasteiger partial charge in [-0.1, -0.05) is 24.6 Å². The third-order valence-corrected chi connectivity index (χ3v) is 3.67. The fourth-order valence-corrected chi connectivity index (χ4v) is 2.51. The Bertz CT molecular complexity index is 536. The fourth-order valence-electron chi connectivity index (χ4n) is 2.51. The van der Waals surface area contributed by atoms with Crippen LogP contribution in [-0.2, 0) is 13.2 Å². The highest BCUT2D eigenvalue weighted by molar-refractivity contribution is 5.20. The Morgan fingerprint density at radius 1 is 1.00 bits per heavy atom. The van der Waals surface area contributed by atoms with E-state index < -0.39 is 0 Å². The Morgan fingerprint density at radius 2 is 1.81 bits per heavy atom. The number of rotatable bonds is 6. The van der Waals surface area contributed by atoms with E-state index in [0.29, 0.717) is 12.4 Å². The summed E-state index contributed by atoms with van der Waals surface area (Å²) in [6.07, 6.45) is 3.97. The van der Waals surface area contributed by atoms with Crippen molar-refractivity contribution in [3.63, 3.8) is 0 Å². The second kappa shape index (κ2) is 7.17. The number of piperidine rings is 1. The number of nitrogens with zero attached hydrogens (tertiary/aromatic N) is 5. The van der Waals surface area contributed by atoms with Crippen LogP contribution >= 0.6 is 0 Å².